The highest BCUT2D eigenvalue weighted by molar-refractivity contribution is 5.94. The monoisotopic (exact) mass is 239 g/mol. The van der Waals surface area contributed by atoms with Gasteiger partial charge in [0.2, 0.25) is 5.91 Å². The van der Waals surface area contributed by atoms with Crippen molar-refractivity contribution in [1.29, 1.82) is 0 Å². The van der Waals surface area contributed by atoms with E-state index in [9.17, 15) is 9.59 Å². The molecule has 0 aliphatic carbocycles. The van der Waals surface area contributed by atoms with Crippen molar-refractivity contribution in [3.8, 4) is 0 Å². The highest BCUT2D eigenvalue weighted by Gasteiger charge is 2.14. The van der Waals surface area contributed by atoms with E-state index >= 15 is 0 Å². The molecule has 17 heavy (non-hydrogen) atoms. The smallest absolute Gasteiger partial charge is 0.354 e. The molecule has 4 heteroatoms. The molecule has 0 rings (SSSR count). The Bertz CT molecular complexity index is 359. The van der Waals surface area contributed by atoms with Gasteiger partial charge < -0.3 is 10.1 Å². The fraction of sp³-hybridized carbons (Fsp3) is 0.538. The number of amides is 1. The molecule has 0 aromatic rings. The number of carbonyl (C=O) groups excluding carboxylic acids is 2. The Hall–Kier alpha value is -1.58. The quantitative estimate of drug-likeness (QED) is 0.466. The summed E-state index contributed by atoms with van der Waals surface area (Å²) in [4.78, 5) is 22.5. The molecule has 0 aliphatic rings. The summed E-state index contributed by atoms with van der Waals surface area (Å²) >= 11 is 0. The minimum Gasteiger partial charge on any atom is -0.464 e. The number of hydrogen-bond donors (Lipinski definition) is 1. The predicted octanol–water partition coefficient (Wildman–Crippen LogP) is 2.17. The van der Waals surface area contributed by atoms with Crippen molar-refractivity contribution in [2.24, 2.45) is 5.41 Å². The second-order valence-corrected chi connectivity index (χ2v) is 4.93. The van der Waals surface area contributed by atoms with Gasteiger partial charge in [0.15, 0.2) is 0 Å². The second kappa shape index (κ2) is 6.23. The maximum atomic E-state index is 11.5. The van der Waals surface area contributed by atoms with Crippen LogP contribution in [-0.2, 0) is 14.3 Å². The molecule has 0 atom stereocenters. The van der Waals surface area contributed by atoms with Crippen LogP contribution in [0.2, 0.25) is 0 Å². The summed E-state index contributed by atoms with van der Waals surface area (Å²) in [6.45, 7) is 9.25. The Balaban J connectivity index is 5.17. The molecule has 1 amide bonds. The van der Waals surface area contributed by atoms with Crippen molar-refractivity contribution >= 4 is 11.9 Å². The van der Waals surface area contributed by atoms with E-state index in [4.69, 9.17) is 0 Å². The van der Waals surface area contributed by atoms with Crippen LogP contribution in [0.1, 0.15) is 34.6 Å². The first kappa shape index (κ1) is 15.4. The predicted molar refractivity (Wildman–Crippen MR) is 67.1 cm³/mol. The van der Waals surface area contributed by atoms with Crippen LogP contribution in [0.3, 0.4) is 0 Å². The van der Waals surface area contributed by atoms with Crippen molar-refractivity contribution < 1.29 is 14.3 Å². The third kappa shape index (κ3) is 6.56. The Morgan fingerprint density at radius 2 is 1.71 bits per heavy atom. The molecule has 0 saturated carbocycles. The van der Waals surface area contributed by atoms with Gasteiger partial charge in [-0.1, -0.05) is 32.9 Å². The molecule has 4 nitrogen and oxygen atoms in total. The highest BCUT2D eigenvalue weighted by atomic mass is 16.5. The van der Waals surface area contributed by atoms with Crippen LogP contribution in [0.5, 0.6) is 0 Å². The Labute approximate surface area is 103 Å². The standard InChI is InChI=1S/C13H21NO3/c1-9(7-8-13(3,4)5)11(12(16)17-6)14-10(2)15/h7-8H,1-6H3,(H,14,15)/b8-7+,11-9-. The number of nitrogens with one attached hydrogen (secondary N) is 1. The molecule has 0 aliphatic heterocycles. The van der Waals surface area contributed by atoms with Gasteiger partial charge in [-0.2, -0.15) is 0 Å². The van der Waals surface area contributed by atoms with E-state index < -0.39 is 5.97 Å². The first-order chi connectivity index (χ1) is 7.67. The molecule has 0 saturated heterocycles. The maximum Gasteiger partial charge on any atom is 0.354 e. The fourth-order valence-electron chi connectivity index (χ4n) is 1.05. The first-order valence-electron chi connectivity index (χ1n) is 5.43. The number of hydrogen-bond acceptors (Lipinski definition) is 3. The van der Waals surface area contributed by atoms with E-state index in [0.29, 0.717) is 5.57 Å². The number of esters is 1. The van der Waals surface area contributed by atoms with E-state index in [1.807, 2.05) is 32.9 Å². The molecule has 0 spiro atoms. The molecule has 0 aromatic carbocycles. The van der Waals surface area contributed by atoms with Gasteiger partial charge in [0.1, 0.15) is 5.70 Å². The molecule has 0 radical (unpaired) electrons. The summed E-state index contributed by atoms with van der Waals surface area (Å²) in [7, 11) is 1.28. The molecule has 0 unspecified atom stereocenters. The number of carbonyl (C=O) groups is 2. The zero-order valence-electron chi connectivity index (χ0n) is 11.4. The molecule has 0 aromatic heterocycles. The third-order valence-electron chi connectivity index (χ3n) is 1.92. The Kier molecular flexibility index (Phi) is 5.65. The highest BCUT2D eigenvalue weighted by Crippen LogP contribution is 2.16. The van der Waals surface area contributed by atoms with Crippen molar-refractivity contribution in [3.63, 3.8) is 0 Å². The largest absolute Gasteiger partial charge is 0.464 e. The summed E-state index contributed by atoms with van der Waals surface area (Å²) in [5.41, 5.74) is 0.862. The van der Waals surface area contributed by atoms with Crippen LogP contribution in [0.25, 0.3) is 0 Å². The fourth-order valence-corrected chi connectivity index (χ4v) is 1.05. The number of rotatable bonds is 3. The van der Waals surface area contributed by atoms with Crippen LogP contribution < -0.4 is 5.32 Å². The van der Waals surface area contributed by atoms with Gasteiger partial charge >= 0.3 is 5.97 Å². The summed E-state index contributed by atoms with van der Waals surface area (Å²) < 4.78 is 4.62. The molecule has 0 fully saturated rings. The van der Waals surface area contributed by atoms with Crippen LogP contribution in [0.4, 0.5) is 0 Å². The third-order valence-corrected chi connectivity index (χ3v) is 1.92. The average Bonchev–Trinajstić information content (AvgIpc) is 2.20. The Morgan fingerprint density at radius 3 is 2.06 bits per heavy atom. The van der Waals surface area contributed by atoms with Gasteiger partial charge in [-0.15, -0.1) is 0 Å². The first-order valence-corrected chi connectivity index (χ1v) is 5.43. The number of allylic oxidation sites excluding steroid dienone is 3. The summed E-state index contributed by atoms with van der Waals surface area (Å²) in [6, 6.07) is 0. The van der Waals surface area contributed by atoms with Gasteiger partial charge in [0.05, 0.1) is 7.11 Å². The van der Waals surface area contributed by atoms with Crippen molar-refractivity contribution in [2.45, 2.75) is 34.6 Å². The van der Waals surface area contributed by atoms with Gasteiger partial charge in [0.25, 0.3) is 0 Å². The molecular weight excluding hydrogens is 218 g/mol. The van der Waals surface area contributed by atoms with Crippen LogP contribution in [0.15, 0.2) is 23.4 Å². The molecule has 0 heterocycles. The summed E-state index contributed by atoms with van der Waals surface area (Å²) in [5, 5.41) is 2.48. The van der Waals surface area contributed by atoms with E-state index in [0.717, 1.165) is 0 Å². The van der Waals surface area contributed by atoms with Crippen LogP contribution in [0, 0.1) is 5.41 Å². The zero-order chi connectivity index (χ0) is 13.6. The van der Waals surface area contributed by atoms with E-state index in [1.165, 1.54) is 14.0 Å². The molecule has 1 N–H and O–H groups in total. The molecule has 96 valence electrons. The van der Waals surface area contributed by atoms with Gasteiger partial charge in [-0.25, -0.2) is 4.79 Å². The molecule has 0 bridgehead atoms. The van der Waals surface area contributed by atoms with Crippen LogP contribution in [-0.4, -0.2) is 19.0 Å². The summed E-state index contributed by atoms with van der Waals surface area (Å²) in [5.74, 6) is -0.842. The lowest BCUT2D eigenvalue weighted by Gasteiger charge is -2.12. The minimum absolute atomic E-state index is 0.0126. The van der Waals surface area contributed by atoms with E-state index in [-0.39, 0.29) is 17.0 Å². The van der Waals surface area contributed by atoms with E-state index in [2.05, 4.69) is 10.1 Å². The van der Waals surface area contributed by atoms with Gasteiger partial charge in [-0.3, -0.25) is 4.79 Å². The normalized spacial score (nSPS) is 13.3. The SMILES string of the molecule is COC(=O)/C(NC(C)=O)=C(C)/C=C/C(C)(C)C. The lowest BCUT2D eigenvalue weighted by molar-refractivity contribution is -0.137. The number of ether oxygens (including phenoxy) is 1. The van der Waals surface area contributed by atoms with Gasteiger partial charge in [-0.05, 0) is 17.9 Å². The second-order valence-electron chi connectivity index (χ2n) is 4.93. The van der Waals surface area contributed by atoms with Crippen molar-refractivity contribution in [1.82, 2.24) is 5.32 Å². The van der Waals surface area contributed by atoms with Gasteiger partial charge in [0, 0.05) is 6.92 Å². The zero-order valence-corrected chi connectivity index (χ0v) is 11.4. The maximum absolute atomic E-state index is 11.5. The van der Waals surface area contributed by atoms with Crippen molar-refractivity contribution in [3.05, 3.63) is 23.4 Å². The summed E-state index contributed by atoms with van der Waals surface area (Å²) in [6.07, 6.45) is 3.77. The van der Waals surface area contributed by atoms with Crippen LogP contribution >= 0.6 is 0 Å². The minimum atomic E-state index is -0.545. The number of methoxy groups -OCH3 is 1. The van der Waals surface area contributed by atoms with E-state index in [1.54, 1.807) is 6.92 Å². The Morgan fingerprint density at radius 1 is 1.18 bits per heavy atom. The lowest BCUT2D eigenvalue weighted by Crippen LogP contribution is -2.27. The molecular formula is C13H21NO3. The topological polar surface area (TPSA) is 55.4 Å². The lowest BCUT2D eigenvalue weighted by atomic mass is 9.95. The van der Waals surface area contributed by atoms with Crippen molar-refractivity contribution in [2.75, 3.05) is 7.11 Å². The average molecular weight is 239 g/mol.